The number of hydrogen-bond donors (Lipinski definition) is 1. The fraction of sp³-hybridized carbons (Fsp3) is 0.364. The van der Waals surface area contributed by atoms with E-state index in [0.29, 0.717) is 28.3 Å². The molecule has 1 N–H and O–H groups in total. The zero-order valence-electron chi connectivity index (χ0n) is 18.1. The number of fused-ring (bicyclic) bond motifs is 1. The van der Waals surface area contributed by atoms with Crippen molar-refractivity contribution in [3.63, 3.8) is 0 Å². The summed E-state index contributed by atoms with van der Waals surface area (Å²) in [5.41, 5.74) is 1.47. The third-order valence-electron chi connectivity index (χ3n) is 5.67. The maximum atomic E-state index is 13.3. The van der Waals surface area contributed by atoms with Crippen molar-refractivity contribution in [1.29, 1.82) is 0 Å². The number of aryl methyl sites for hydroxylation is 1. The Balaban J connectivity index is 1.50. The summed E-state index contributed by atoms with van der Waals surface area (Å²) in [6.07, 6.45) is -0.702. The number of carbonyl (C=O) groups is 2. The number of anilines is 1. The van der Waals surface area contributed by atoms with Crippen molar-refractivity contribution in [3.8, 4) is 11.5 Å². The Labute approximate surface area is 187 Å². The molecular formula is C22H25N3O6S. The van der Waals surface area contributed by atoms with Gasteiger partial charge in [-0.1, -0.05) is 6.07 Å². The molecule has 1 saturated heterocycles. The highest BCUT2D eigenvalue weighted by molar-refractivity contribution is 7.89. The summed E-state index contributed by atoms with van der Waals surface area (Å²) < 4.78 is 38.8. The summed E-state index contributed by atoms with van der Waals surface area (Å²) in [4.78, 5) is 26.4. The van der Waals surface area contributed by atoms with E-state index in [1.807, 2.05) is 0 Å². The molecule has 1 fully saturated rings. The topological polar surface area (TPSA) is 105 Å². The average molecular weight is 460 g/mol. The van der Waals surface area contributed by atoms with Crippen LogP contribution in [0, 0.1) is 6.92 Å². The van der Waals surface area contributed by atoms with Crippen molar-refractivity contribution < 1.29 is 27.5 Å². The molecule has 170 valence electrons. The second kappa shape index (κ2) is 8.44. The normalized spacial score (nSPS) is 19.0. The van der Waals surface area contributed by atoms with Crippen LogP contribution in [0.5, 0.6) is 11.5 Å². The van der Waals surface area contributed by atoms with Crippen molar-refractivity contribution >= 4 is 27.5 Å². The first-order valence-corrected chi connectivity index (χ1v) is 11.7. The first-order valence-electron chi connectivity index (χ1n) is 10.3. The van der Waals surface area contributed by atoms with Crippen LogP contribution in [-0.4, -0.2) is 68.8 Å². The van der Waals surface area contributed by atoms with Gasteiger partial charge in [-0.2, -0.15) is 4.31 Å². The molecule has 1 atom stereocenters. The number of nitrogens with one attached hydrogen (secondary N) is 1. The highest BCUT2D eigenvalue weighted by Gasteiger charge is 2.33. The number of nitrogens with zero attached hydrogens (tertiary/aromatic N) is 2. The van der Waals surface area contributed by atoms with Crippen LogP contribution in [0.1, 0.15) is 22.8 Å². The van der Waals surface area contributed by atoms with Gasteiger partial charge in [0.05, 0.1) is 17.7 Å². The molecule has 0 spiro atoms. The Hall–Kier alpha value is -3.11. The van der Waals surface area contributed by atoms with Crippen molar-refractivity contribution in [2.45, 2.75) is 24.8 Å². The summed E-state index contributed by atoms with van der Waals surface area (Å²) in [5.74, 6) is 0.481. The summed E-state index contributed by atoms with van der Waals surface area (Å²) in [6, 6.07) is 9.96. The number of ether oxygens (including phenoxy) is 2. The highest BCUT2D eigenvalue weighted by atomic mass is 32.2. The number of methoxy groups -OCH3 is 1. The number of hydrogen-bond acceptors (Lipinski definition) is 6. The monoisotopic (exact) mass is 459 g/mol. The van der Waals surface area contributed by atoms with Gasteiger partial charge in [-0.3, -0.25) is 9.59 Å². The van der Waals surface area contributed by atoms with E-state index in [0.717, 1.165) is 0 Å². The Morgan fingerprint density at radius 1 is 1.16 bits per heavy atom. The van der Waals surface area contributed by atoms with Crippen LogP contribution in [0.2, 0.25) is 0 Å². The first-order chi connectivity index (χ1) is 15.2. The number of piperazine rings is 1. The Morgan fingerprint density at radius 3 is 2.56 bits per heavy atom. The lowest BCUT2D eigenvalue weighted by Gasteiger charge is -2.34. The van der Waals surface area contributed by atoms with E-state index in [1.54, 1.807) is 49.1 Å². The molecule has 0 radical (unpaired) electrons. The summed E-state index contributed by atoms with van der Waals surface area (Å²) in [7, 11) is -2.26. The SMILES string of the molecule is COc1cccc(C(=O)N2CCN(S(=O)(=O)c3cc4c(cc3C)NC(=O)[C@@H](C)O4)CC2)c1. The number of sulfonamides is 1. The van der Waals surface area contributed by atoms with Gasteiger partial charge < -0.3 is 19.7 Å². The van der Waals surface area contributed by atoms with Gasteiger partial charge in [0.25, 0.3) is 11.8 Å². The van der Waals surface area contributed by atoms with Gasteiger partial charge in [-0.15, -0.1) is 0 Å². The molecular weight excluding hydrogens is 434 g/mol. The fourth-order valence-electron chi connectivity index (χ4n) is 3.83. The van der Waals surface area contributed by atoms with E-state index in [-0.39, 0.29) is 42.9 Å². The molecule has 0 saturated carbocycles. The van der Waals surface area contributed by atoms with Gasteiger partial charge in [-0.05, 0) is 43.7 Å². The minimum Gasteiger partial charge on any atom is -0.497 e. The molecule has 2 aromatic carbocycles. The average Bonchev–Trinajstić information content (AvgIpc) is 2.79. The van der Waals surface area contributed by atoms with Crippen molar-refractivity contribution in [1.82, 2.24) is 9.21 Å². The maximum absolute atomic E-state index is 13.3. The minimum absolute atomic E-state index is 0.132. The van der Waals surface area contributed by atoms with Gasteiger partial charge in [-0.25, -0.2) is 8.42 Å². The van der Waals surface area contributed by atoms with E-state index in [1.165, 1.54) is 17.5 Å². The number of benzene rings is 2. The van der Waals surface area contributed by atoms with E-state index in [2.05, 4.69) is 5.32 Å². The van der Waals surface area contributed by atoms with Gasteiger partial charge in [0, 0.05) is 37.8 Å². The molecule has 2 heterocycles. The van der Waals surface area contributed by atoms with Crippen LogP contribution in [-0.2, 0) is 14.8 Å². The van der Waals surface area contributed by atoms with Gasteiger partial charge in [0.1, 0.15) is 11.5 Å². The van der Waals surface area contributed by atoms with Crippen LogP contribution < -0.4 is 14.8 Å². The van der Waals surface area contributed by atoms with Crippen molar-refractivity contribution in [2.75, 3.05) is 38.6 Å². The molecule has 2 amide bonds. The number of amides is 2. The molecule has 9 nitrogen and oxygen atoms in total. The lowest BCUT2D eigenvalue weighted by molar-refractivity contribution is -0.122. The molecule has 2 aliphatic heterocycles. The Morgan fingerprint density at radius 2 is 1.88 bits per heavy atom. The van der Waals surface area contributed by atoms with Crippen molar-refractivity contribution in [2.24, 2.45) is 0 Å². The molecule has 4 rings (SSSR count). The smallest absolute Gasteiger partial charge is 0.265 e. The largest absolute Gasteiger partial charge is 0.497 e. The lowest BCUT2D eigenvalue weighted by atomic mass is 10.1. The molecule has 0 aliphatic carbocycles. The fourth-order valence-corrected chi connectivity index (χ4v) is 5.47. The summed E-state index contributed by atoms with van der Waals surface area (Å²) in [6.45, 7) is 4.21. The second-order valence-electron chi connectivity index (χ2n) is 7.79. The third-order valence-corrected chi connectivity index (χ3v) is 7.71. The zero-order chi connectivity index (χ0) is 23.0. The predicted octanol–water partition coefficient (Wildman–Crippen LogP) is 1.87. The summed E-state index contributed by atoms with van der Waals surface area (Å²) in [5, 5.41) is 2.73. The maximum Gasteiger partial charge on any atom is 0.265 e. The van der Waals surface area contributed by atoms with E-state index < -0.39 is 16.1 Å². The third kappa shape index (κ3) is 4.03. The van der Waals surface area contributed by atoms with E-state index >= 15 is 0 Å². The van der Waals surface area contributed by atoms with Gasteiger partial charge >= 0.3 is 0 Å². The zero-order valence-corrected chi connectivity index (χ0v) is 18.9. The van der Waals surface area contributed by atoms with Gasteiger partial charge in [0.2, 0.25) is 10.0 Å². The van der Waals surface area contributed by atoms with Crippen LogP contribution in [0.4, 0.5) is 5.69 Å². The van der Waals surface area contributed by atoms with Gasteiger partial charge in [0.15, 0.2) is 6.10 Å². The molecule has 10 heteroatoms. The predicted molar refractivity (Wildman–Crippen MR) is 118 cm³/mol. The Kier molecular flexibility index (Phi) is 5.83. The van der Waals surface area contributed by atoms with E-state index in [4.69, 9.17) is 9.47 Å². The molecule has 0 aromatic heterocycles. The van der Waals surface area contributed by atoms with Crippen LogP contribution >= 0.6 is 0 Å². The van der Waals surface area contributed by atoms with Crippen LogP contribution in [0.3, 0.4) is 0 Å². The second-order valence-corrected chi connectivity index (χ2v) is 9.70. The van der Waals surface area contributed by atoms with Crippen LogP contribution in [0.25, 0.3) is 0 Å². The lowest BCUT2D eigenvalue weighted by Crippen LogP contribution is -2.50. The molecule has 32 heavy (non-hydrogen) atoms. The van der Waals surface area contributed by atoms with Crippen molar-refractivity contribution in [3.05, 3.63) is 47.5 Å². The van der Waals surface area contributed by atoms with Crippen LogP contribution in [0.15, 0.2) is 41.3 Å². The standard InChI is InChI=1S/C22H25N3O6S/c1-14-11-18-19(31-15(2)21(26)23-18)13-20(14)32(28,29)25-9-7-24(8-10-25)22(27)16-5-4-6-17(12-16)30-3/h4-6,11-13,15H,7-10H2,1-3H3,(H,23,26)/t15-/m1/s1. The number of carbonyl (C=O) groups excluding carboxylic acids is 2. The number of rotatable bonds is 4. The highest BCUT2D eigenvalue weighted by Crippen LogP contribution is 2.35. The molecule has 0 bridgehead atoms. The van der Waals surface area contributed by atoms with E-state index in [9.17, 15) is 18.0 Å². The molecule has 2 aliphatic rings. The Bertz CT molecular complexity index is 1170. The summed E-state index contributed by atoms with van der Waals surface area (Å²) >= 11 is 0. The molecule has 2 aromatic rings. The minimum atomic E-state index is -3.80. The quantitative estimate of drug-likeness (QED) is 0.748. The molecule has 0 unspecified atom stereocenters. The first kappa shape index (κ1) is 22.1.